The fourth-order valence-corrected chi connectivity index (χ4v) is 0.764. The second-order valence-corrected chi connectivity index (χ2v) is 2.05. The number of allylic oxidation sites excluding steroid dienone is 2. The number of hydrogen-bond donors (Lipinski definition) is 2. The van der Waals surface area contributed by atoms with Crippen LogP contribution in [0.2, 0.25) is 0 Å². The van der Waals surface area contributed by atoms with Gasteiger partial charge in [0.1, 0.15) is 12.2 Å². The molecule has 1 aliphatic rings. The van der Waals surface area contributed by atoms with Gasteiger partial charge in [-0.05, 0) is 6.08 Å². The van der Waals surface area contributed by atoms with Crippen LogP contribution in [-0.2, 0) is 0 Å². The van der Waals surface area contributed by atoms with Crippen molar-refractivity contribution in [2.75, 3.05) is 0 Å². The van der Waals surface area contributed by atoms with Gasteiger partial charge in [-0.3, -0.25) is 0 Å². The van der Waals surface area contributed by atoms with Crippen molar-refractivity contribution in [2.45, 2.75) is 12.2 Å². The van der Waals surface area contributed by atoms with E-state index in [0.29, 0.717) is 0 Å². The van der Waals surface area contributed by atoms with Crippen molar-refractivity contribution in [3.8, 4) is 6.07 Å². The third-order valence-electron chi connectivity index (χ3n) is 1.36. The van der Waals surface area contributed by atoms with E-state index in [2.05, 4.69) is 0 Å². The number of aliphatic hydroxyl groups is 2. The molecule has 2 unspecified atom stereocenters. The third kappa shape index (κ3) is 1.08. The first-order chi connectivity index (χ1) is 4.75. The second kappa shape index (κ2) is 2.65. The summed E-state index contributed by atoms with van der Waals surface area (Å²) in [7, 11) is 0. The Morgan fingerprint density at radius 3 is 2.70 bits per heavy atom. The smallest absolute Gasteiger partial charge is 0.118 e. The molecule has 0 radical (unpaired) electrons. The Morgan fingerprint density at radius 2 is 2.20 bits per heavy atom. The molecule has 0 spiro atoms. The Morgan fingerprint density at radius 1 is 1.50 bits per heavy atom. The molecule has 0 saturated carbocycles. The fraction of sp³-hybridized carbons (Fsp3) is 0.286. The minimum absolute atomic E-state index is 0.204. The van der Waals surface area contributed by atoms with Crippen molar-refractivity contribution in [1.29, 1.82) is 5.26 Å². The molecule has 0 aromatic carbocycles. The van der Waals surface area contributed by atoms with Crippen LogP contribution in [0.5, 0.6) is 0 Å². The summed E-state index contributed by atoms with van der Waals surface area (Å²) in [5, 5.41) is 26.4. The maximum absolute atomic E-state index is 9.05. The highest BCUT2D eigenvalue weighted by atomic mass is 16.3. The van der Waals surface area contributed by atoms with E-state index in [1.54, 1.807) is 12.1 Å². The first-order valence-corrected chi connectivity index (χ1v) is 2.90. The number of nitriles is 1. The van der Waals surface area contributed by atoms with Gasteiger partial charge < -0.3 is 10.2 Å². The number of hydrogen-bond acceptors (Lipinski definition) is 3. The third-order valence-corrected chi connectivity index (χ3v) is 1.36. The summed E-state index contributed by atoms with van der Waals surface area (Å²) < 4.78 is 0. The lowest BCUT2D eigenvalue weighted by atomic mass is 10.0. The molecule has 1 aliphatic carbocycles. The molecule has 0 aliphatic heterocycles. The lowest BCUT2D eigenvalue weighted by Gasteiger charge is -2.15. The van der Waals surface area contributed by atoms with Gasteiger partial charge in [-0.25, -0.2) is 0 Å². The molecule has 1 rings (SSSR count). The highest BCUT2D eigenvalue weighted by molar-refractivity contribution is 5.35. The van der Waals surface area contributed by atoms with Crippen molar-refractivity contribution < 1.29 is 10.2 Å². The van der Waals surface area contributed by atoms with E-state index in [1.165, 1.54) is 12.2 Å². The van der Waals surface area contributed by atoms with Crippen LogP contribution in [0.15, 0.2) is 23.8 Å². The van der Waals surface area contributed by atoms with Gasteiger partial charge in [0.25, 0.3) is 0 Å². The highest BCUT2D eigenvalue weighted by Gasteiger charge is 2.19. The molecule has 0 aromatic heterocycles. The Kier molecular flexibility index (Phi) is 1.86. The Labute approximate surface area is 58.5 Å². The van der Waals surface area contributed by atoms with Crippen LogP contribution in [0.25, 0.3) is 0 Å². The molecule has 2 atom stereocenters. The maximum atomic E-state index is 9.05. The van der Waals surface area contributed by atoms with Crippen LogP contribution >= 0.6 is 0 Å². The Hall–Kier alpha value is -1.11. The van der Waals surface area contributed by atoms with Crippen LogP contribution in [0.3, 0.4) is 0 Å². The molecule has 0 bridgehead atoms. The van der Waals surface area contributed by atoms with Gasteiger partial charge in [0.15, 0.2) is 0 Å². The molecule has 0 amide bonds. The average Bonchev–Trinajstić information content (AvgIpc) is 1.95. The summed E-state index contributed by atoms with van der Waals surface area (Å²) in [5.41, 5.74) is 0.204. The van der Waals surface area contributed by atoms with Gasteiger partial charge in [-0.15, -0.1) is 0 Å². The summed E-state index contributed by atoms with van der Waals surface area (Å²) in [6.07, 6.45) is 2.49. The van der Waals surface area contributed by atoms with Crippen molar-refractivity contribution in [2.24, 2.45) is 0 Å². The zero-order valence-corrected chi connectivity index (χ0v) is 5.23. The largest absolute Gasteiger partial charge is 0.386 e. The predicted molar refractivity (Wildman–Crippen MR) is 34.8 cm³/mol. The van der Waals surface area contributed by atoms with Crippen molar-refractivity contribution >= 4 is 0 Å². The summed E-state index contributed by atoms with van der Waals surface area (Å²) in [4.78, 5) is 0. The fourth-order valence-electron chi connectivity index (χ4n) is 0.764. The molecule has 0 aromatic rings. The average molecular weight is 137 g/mol. The number of aliphatic hydroxyl groups excluding tert-OH is 2. The summed E-state index contributed by atoms with van der Waals surface area (Å²) in [6.45, 7) is 0. The van der Waals surface area contributed by atoms with Crippen LogP contribution in [0.4, 0.5) is 0 Å². The minimum atomic E-state index is -1.05. The normalized spacial score (nSPS) is 31.1. The quantitative estimate of drug-likeness (QED) is 0.483. The van der Waals surface area contributed by atoms with Gasteiger partial charge in [-0.1, -0.05) is 12.2 Å². The van der Waals surface area contributed by atoms with E-state index in [1.807, 2.05) is 0 Å². The van der Waals surface area contributed by atoms with Gasteiger partial charge in [-0.2, -0.15) is 5.26 Å². The first-order valence-electron chi connectivity index (χ1n) is 2.90. The summed E-state index contributed by atoms with van der Waals surface area (Å²) in [6, 6.07) is 1.78. The van der Waals surface area contributed by atoms with E-state index in [4.69, 9.17) is 15.5 Å². The van der Waals surface area contributed by atoms with Crippen LogP contribution in [0.1, 0.15) is 0 Å². The molecule has 3 heteroatoms. The molecule has 0 saturated heterocycles. The summed E-state index contributed by atoms with van der Waals surface area (Å²) in [5.74, 6) is 0. The van der Waals surface area contributed by atoms with Crippen LogP contribution in [-0.4, -0.2) is 22.4 Å². The molecular formula is C7H7NO2. The molecule has 10 heavy (non-hydrogen) atoms. The van der Waals surface area contributed by atoms with Crippen molar-refractivity contribution in [1.82, 2.24) is 0 Å². The molecule has 3 nitrogen and oxygen atoms in total. The van der Waals surface area contributed by atoms with E-state index in [9.17, 15) is 0 Å². The van der Waals surface area contributed by atoms with Crippen LogP contribution in [0, 0.1) is 11.3 Å². The van der Waals surface area contributed by atoms with Gasteiger partial charge in [0.2, 0.25) is 0 Å². The molecular weight excluding hydrogens is 130 g/mol. The molecule has 0 fully saturated rings. The Balaban J connectivity index is 2.84. The topological polar surface area (TPSA) is 64.2 Å². The second-order valence-electron chi connectivity index (χ2n) is 2.05. The van der Waals surface area contributed by atoms with Gasteiger partial charge in [0, 0.05) is 0 Å². The van der Waals surface area contributed by atoms with E-state index < -0.39 is 12.2 Å². The highest BCUT2D eigenvalue weighted by Crippen LogP contribution is 2.11. The zero-order chi connectivity index (χ0) is 7.56. The zero-order valence-electron chi connectivity index (χ0n) is 5.23. The standard InChI is InChI=1S/C7H7NO2/c8-4-5-2-1-3-6(9)7(5)10/h1-3,6-7,9-10H. The van der Waals surface area contributed by atoms with Crippen molar-refractivity contribution in [3.05, 3.63) is 23.8 Å². The monoisotopic (exact) mass is 137 g/mol. The SMILES string of the molecule is N#CC1=CC=CC(O)C1O. The molecule has 52 valence electrons. The summed E-state index contributed by atoms with van der Waals surface area (Å²) >= 11 is 0. The van der Waals surface area contributed by atoms with Gasteiger partial charge in [0.05, 0.1) is 11.6 Å². The number of nitrogens with zero attached hydrogens (tertiary/aromatic N) is 1. The first kappa shape index (κ1) is 7.00. The lowest BCUT2D eigenvalue weighted by molar-refractivity contribution is 0.0744. The van der Waals surface area contributed by atoms with E-state index >= 15 is 0 Å². The maximum Gasteiger partial charge on any atom is 0.118 e. The minimum Gasteiger partial charge on any atom is -0.386 e. The number of rotatable bonds is 0. The van der Waals surface area contributed by atoms with Crippen LogP contribution < -0.4 is 0 Å². The van der Waals surface area contributed by atoms with E-state index in [0.717, 1.165) is 0 Å². The Bertz CT molecular complexity index is 224. The molecule has 0 heterocycles. The molecule has 2 N–H and O–H groups in total. The van der Waals surface area contributed by atoms with Crippen molar-refractivity contribution in [3.63, 3.8) is 0 Å². The predicted octanol–water partition coefficient (Wildman–Crippen LogP) is -0.272. The van der Waals surface area contributed by atoms with E-state index in [-0.39, 0.29) is 5.57 Å². The lowest BCUT2D eigenvalue weighted by Crippen LogP contribution is -2.27. The van der Waals surface area contributed by atoms with Gasteiger partial charge >= 0.3 is 0 Å².